The number of aromatic nitrogens is 1. The zero-order chi connectivity index (χ0) is 16.2. The Bertz CT molecular complexity index is 792. The first-order valence-electron chi connectivity index (χ1n) is 7.46. The number of hydrogen-bond donors (Lipinski definition) is 0. The highest BCUT2D eigenvalue weighted by Gasteiger charge is 2.21. The molecule has 0 aliphatic carbocycles. The Morgan fingerprint density at radius 3 is 2.48 bits per heavy atom. The molecule has 0 saturated heterocycles. The van der Waals surface area contributed by atoms with E-state index in [0.717, 1.165) is 16.7 Å². The minimum absolute atomic E-state index is 0.106. The summed E-state index contributed by atoms with van der Waals surface area (Å²) in [7, 11) is 1.78. The third kappa shape index (κ3) is 3.31. The van der Waals surface area contributed by atoms with Crippen molar-refractivity contribution in [3.63, 3.8) is 0 Å². The van der Waals surface area contributed by atoms with Gasteiger partial charge in [-0.2, -0.15) is 0 Å². The number of amides is 1. The first kappa shape index (κ1) is 15.0. The summed E-state index contributed by atoms with van der Waals surface area (Å²) in [6.07, 6.45) is 1.49. The fourth-order valence-electron chi connectivity index (χ4n) is 2.44. The third-order valence-electron chi connectivity index (χ3n) is 3.72. The molecule has 0 unspecified atom stereocenters. The molecule has 0 atom stereocenters. The molecule has 0 spiro atoms. The fourth-order valence-corrected chi connectivity index (χ4v) is 2.44. The number of benzene rings is 2. The van der Waals surface area contributed by atoms with Crippen molar-refractivity contribution < 1.29 is 9.32 Å². The van der Waals surface area contributed by atoms with E-state index in [1.54, 1.807) is 11.9 Å². The Kier molecular flexibility index (Phi) is 4.24. The van der Waals surface area contributed by atoms with Crippen LogP contribution in [0.2, 0.25) is 0 Å². The second kappa shape index (κ2) is 6.48. The molecule has 0 radical (unpaired) electrons. The van der Waals surface area contributed by atoms with Crippen molar-refractivity contribution in [2.75, 3.05) is 7.05 Å². The highest BCUT2D eigenvalue weighted by Crippen LogP contribution is 2.25. The molecule has 0 bridgehead atoms. The summed E-state index contributed by atoms with van der Waals surface area (Å²) in [5.74, 6) is 0.403. The highest BCUT2D eigenvalue weighted by atomic mass is 16.5. The van der Waals surface area contributed by atoms with Gasteiger partial charge in [0, 0.05) is 19.2 Å². The normalized spacial score (nSPS) is 10.5. The van der Waals surface area contributed by atoms with Crippen LogP contribution < -0.4 is 0 Å². The summed E-state index contributed by atoms with van der Waals surface area (Å²) in [4.78, 5) is 14.4. The van der Waals surface area contributed by atoms with Crippen LogP contribution in [0.4, 0.5) is 0 Å². The van der Waals surface area contributed by atoms with Crippen LogP contribution >= 0.6 is 0 Å². The van der Waals surface area contributed by atoms with E-state index >= 15 is 0 Å². The monoisotopic (exact) mass is 306 g/mol. The molecule has 0 N–H and O–H groups in total. The van der Waals surface area contributed by atoms with Crippen molar-refractivity contribution in [3.05, 3.63) is 77.5 Å². The maximum Gasteiger partial charge on any atom is 0.259 e. The molecular formula is C19H18N2O2. The number of hydrogen-bond acceptors (Lipinski definition) is 3. The predicted octanol–water partition coefficient (Wildman–Crippen LogP) is 3.92. The molecule has 4 nitrogen and oxygen atoms in total. The summed E-state index contributed by atoms with van der Waals surface area (Å²) in [5.41, 5.74) is 3.57. The van der Waals surface area contributed by atoms with Gasteiger partial charge in [0.05, 0.1) is 6.20 Å². The minimum Gasteiger partial charge on any atom is -0.355 e. The molecular weight excluding hydrogens is 288 g/mol. The molecule has 0 aliphatic rings. The summed E-state index contributed by atoms with van der Waals surface area (Å²) in [5, 5.41) is 3.81. The third-order valence-corrected chi connectivity index (χ3v) is 3.72. The van der Waals surface area contributed by atoms with Gasteiger partial charge in [-0.05, 0) is 12.5 Å². The molecule has 1 aromatic heterocycles. The van der Waals surface area contributed by atoms with Crippen LogP contribution in [0.1, 0.15) is 21.5 Å². The van der Waals surface area contributed by atoms with E-state index in [0.29, 0.717) is 17.9 Å². The van der Waals surface area contributed by atoms with Crippen LogP contribution in [0.15, 0.2) is 65.3 Å². The predicted molar refractivity (Wildman–Crippen MR) is 88.9 cm³/mol. The number of aryl methyl sites for hydroxylation is 1. The lowest BCUT2D eigenvalue weighted by atomic mass is 10.1. The van der Waals surface area contributed by atoms with Gasteiger partial charge in [0.2, 0.25) is 0 Å². The van der Waals surface area contributed by atoms with Gasteiger partial charge in [0.25, 0.3) is 5.91 Å². The Hall–Kier alpha value is -2.88. The van der Waals surface area contributed by atoms with Crippen LogP contribution in [0.3, 0.4) is 0 Å². The average Bonchev–Trinajstić information content (AvgIpc) is 3.05. The molecule has 1 amide bonds. The fraction of sp³-hybridized carbons (Fsp3) is 0.158. The van der Waals surface area contributed by atoms with Crippen molar-refractivity contribution in [1.29, 1.82) is 0 Å². The molecule has 4 heteroatoms. The highest BCUT2D eigenvalue weighted by molar-refractivity contribution is 5.99. The number of carbonyl (C=O) groups is 1. The smallest absolute Gasteiger partial charge is 0.259 e. The SMILES string of the molecule is Cc1ccc(-c2oncc2C(=O)N(C)Cc2ccccc2)cc1. The first-order chi connectivity index (χ1) is 11.1. The molecule has 3 rings (SSSR count). The second-order valence-corrected chi connectivity index (χ2v) is 5.58. The molecule has 116 valence electrons. The van der Waals surface area contributed by atoms with E-state index in [1.165, 1.54) is 6.20 Å². The summed E-state index contributed by atoms with van der Waals surface area (Å²) in [6, 6.07) is 17.7. The number of carbonyl (C=O) groups excluding carboxylic acids is 1. The largest absolute Gasteiger partial charge is 0.355 e. The van der Waals surface area contributed by atoms with Gasteiger partial charge in [-0.25, -0.2) is 0 Å². The van der Waals surface area contributed by atoms with Crippen molar-refractivity contribution in [2.45, 2.75) is 13.5 Å². The molecule has 0 aliphatic heterocycles. The Morgan fingerprint density at radius 2 is 1.78 bits per heavy atom. The molecule has 3 aromatic rings. The van der Waals surface area contributed by atoms with Gasteiger partial charge in [0.15, 0.2) is 5.76 Å². The van der Waals surface area contributed by atoms with Crippen LogP contribution in [-0.4, -0.2) is 23.0 Å². The van der Waals surface area contributed by atoms with Crippen LogP contribution in [-0.2, 0) is 6.54 Å². The molecule has 0 saturated carbocycles. The quantitative estimate of drug-likeness (QED) is 0.734. The van der Waals surface area contributed by atoms with Crippen molar-refractivity contribution in [2.24, 2.45) is 0 Å². The van der Waals surface area contributed by atoms with Gasteiger partial charge < -0.3 is 9.42 Å². The van der Waals surface area contributed by atoms with E-state index in [1.807, 2.05) is 61.5 Å². The molecule has 23 heavy (non-hydrogen) atoms. The molecule has 1 heterocycles. The summed E-state index contributed by atoms with van der Waals surface area (Å²) < 4.78 is 5.31. The van der Waals surface area contributed by atoms with Crippen molar-refractivity contribution in [1.82, 2.24) is 10.1 Å². The average molecular weight is 306 g/mol. The van der Waals surface area contributed by atoms with Gasteiger partial charge in [-0.15, -0.1) is 0 Å². The number of nitrogens with zero attached hydrogens (tertiary/aromatic N) is 2. The Labute approximate surface area is 135 Å². The van der Waals surface area contributed by atoms with Crippen LogP contribution in [0.5, 0.6) is 0 Å². The zero-order valence-corrected chi connectivity index (χ0v) is 13.2. The van der Waals surface area contributed by atoms with Gasteiger partial charge in [0.1, 0.15) is 5.56 Å². The van der Waals surface area contributed by atoms with Crippen molar-refractivity contribution >= 4 is 5.91 Å². The van der Waals surface area contributed by atoms with Gasteiger partial charge >= 0.3 is 0 Å². The Balaban J connectivity index is 1.83. The number of rotatable bonds is 4. The lowest BCUT2D eigenvalue weighted by molar-refractivity contribution is 0.0785. The minimum atomic E-state index is -0.106. The van der Waals surface area contributed by atoms with Gasteiger partial charge in [-0.1, -0.05) is 65.3 Å². The molecule has 2 aromatic carbocycles. The topological polar surface area (TPSA) is 46.3 Å². The summed E-state index contributed by atoms with van der Waals surface area (Å²) in [6.45, 7) is 2.56. The summed E-state index contributed by atoms with van der Waals surface area (Å²) >= 11 is 0. The van der Waals surface area contributed by atoms with E-state index in [2.05, 4.69) is 5.16 Å². The zero-order valence-electron chi connectivity index (χ0n) is 13.2. The maximum atomic E-state index is 12.7. The lowest BCUT2D eigenvalue weighted by Crippen LogP contribution is -2.26. The second-order valence-electron chi connectivity index (χ2n) is 5.58. The molecule has 0 fully saturated rings. The van der Waals surface area contributed by atoms with E-state index in [4.69, 9.17) is 4.52 Å². The van der Waals surface area contributed by atoms with E-state index in [-0.39, 0.29) is 5.91 Å². The first-order valence-corrected chi connectivity index (χ1v) is 7.46. The Morgan fingerprint density at radius 1 is 1.09 bits per heavy atom. The van der Waals surface area contributed by atoms with E-state index in [9.17, 15) is 4.79 Å². The maximum absolute atomic E-state index is 12.7. The lowest BCUT2D eigenvalue weighted by Gasteiger charge is -2.16. The van der Waals surface area contributed by atoms with Crippen LogP contribution in [0.25, 0.3) is 11.3 Å². The standard InChI is InChI=1S/C19H18N2O2/c1-14-8-10-16(11-9-14)18-17(12-20-23-18)19(22)21(2)13-15-6-4-3-5-7-15/h3-12H,13H2,1-2H3. The van der Waals surface area contributed by atoms with E-state index < -0.39 is 0 Å². The van der Waals surface area contributed by atoms with Crippen LogP contribution in [0, 0.1) is 6.92 Å². The van der Waals surface area contributed by atoms with Gasteiger partial charge in [-0.3, -0.25) is 4.79 Å². The van der Waals surface area contributed by atoms with Crippen molar-refractivity contribution in [3.8, 4) is 11.3 Å².